The average Bonchev–Trinajstić information content (AvgIpc) is 3.09. The molecule has 0 spiro atoms. The van der Waals surface area contributed by atoms with Crippen LogP contribution in [0, 0.1) is 5.92 Å². The molecule has 1 fully saturated rings. The maximum absolute atomic E-state index is 12.5. The fourth-order valence-corrected chi connectivity index (χ4v) is 3.27. The van der Waals surface area contributed by atoms with Crippen molar-refractivity contribution in [3.05, 3.63) is 48.3 Å². The normalized spacial score (nSPS) is 18.7. The summed E-state index contributed by atoms with van der Waals surface area (Å²) in [5.41, 5.74) is 1.48. The number of piperidine rings is 1. The van der Waals surface area contributed by atoms with Crippen LogP contribution in [0.15, 0.2) is 42.7 Å². The first-order valence-corrected chi connectivity index (χ1v) is 8.30. The van der Waals surface area contributed by atoms with E-state index in [0.29, 0.717) is 11.5 Å². The Labute approximate surface area is 137 Å². The molecule has 1 aliphatic heterocycles. The number of amides is 1. The molecular weight excluding hydrogens is 288 g/mol. The van der Waals surface area contributed by atoms with Crippen molar-refractivity contribution in [2.75, 3.05) is 26.7 Å². The second-order valence-corrected chi connectivity index (χ2v) is 6.28. The molecule has 2 heterocycles. The number of nitrogens with one attached hydrogen (secondary N) is 1. The maximum Gasteiger partial charge on any atom is 0.253 e. The fraction of sp³-hybridized carbons (Fsp3) is 0.444. The van der Waals surface area contributed by atoms with Crippen LogP contribution in [0.4, 0.5) is 0 Å². The minimum absolute atomic E-state index is 0.0275. The van der Waals surface area contributed by atoms with Gasteiger partial charge >= 0.3 is 0 Å². The van der Waals surface area contributed by atoms with E-state index in [-0.39, 0.29) is 5.91 Å². The lowest BCUT2D eigenvalue weighted by molar-refractivity contribution is 0.0948. The number of hydrogen-bond donors (Lipinski definition) is 1. The van der Waals surface area contributed by atoms with Crippen LogP contribution < -0.4 is 5.32 Å². The Kier molecular flexibility index (Phi) is 5.08. The molecule has 122 valence electrons. The van der Waals surface area contributed by atoms with Crippen LogP contribution >= 0.6 is 0 Å². The molecule has 0 radical (unpaired) electrons. The highest BCUT2D eigenvalue weighted by Gasteiger charge is 2.17. The SMILES string of the molecule is CN1CCCC(CCNC(=O)c2ccccc2-n2cccn2)C1. The van der Waals surface area contributed by atoms with Crippen LogP contribution in [-0.4, -0.2) is 47.3 Å². The van der Waals surface area contributed by atoms with Crippen LogP contribution in [0.5, 0.6) is 0 Å². The van der Waals surface area contributed by atoms with E-state index in [1.54, 1.807) is 10.9 Å². The Bertz CT molecular complexity index is 638. The lowest BCUT2D eigenvalue weighted by Gasteiger charge is -2.29. The summed E-state index contributed by atoms with van der Waals surface area (Å²) in [5, 5.41) is 7.29. The monoisotopic (exact) mass is 312 g/mol. The van der Waals surface area contributed by atoms with E-state index in [0.717, 1.165) is 25.2 Å². The van der Waals surface area contributed by atoms with Gasteiger partial charge in [-0.2, -0.15) is 5.10 Å². The summed E-state index contributed by atoms with van der Waals surface area (Å²) < 4.78 is 1.73. The Morgan fingerprint density at radius 1 is 1.35 bits per heavy atom. The van der Waals surface area contributed by atoms with Crippen LogP contribution in [0.1, 0.15) is 29.6 Å². The number of para-hydroxylation sites is 1. The molecule has 23 heavy (non-hydrogen) atoms. The van der Waals surface area contributed by atoms with Crippen molar-refractivity contribution in [3.63, 3.8) is 0 Å². The topological polar surface area (TPSA) is 50.2 Å². The van der Waals surface area contributed by atoms with Crippen molar-refractivity contribution in [1.29, 1.82) is 0 Å². The molecule has 5 heteroatoms. The van der Waals surface area contributed by atoms with Gasteiger partial charge in [0.15, 0.2) is 0 Å². The molecular formula is C18H24N4O. The summed E-state index contributed by atoms with van der Waals surface area (Å²) in [6, 6.07) is 9.43. The molecule has 1 aromatic carbocycles. The molecule has 1 atom stereocenters. The van der Waals surface area contributed by atoms with Crippen molar-refractivity contribution in [1.82, 2.24) is 20.0 Å². The van der Waals surface area contributed by atoms with Gasteiger partial charge < -0.3 is 10.2 Å². The summed E-state index contributed by atoms with van der Waals surface area (Å²) in [4.78, 5) is 14.9. The highest BCUT2D eigenvalue weighted by Crippen LogP contribution is 2.18. The van der Waals surface area contributed by atoms with E-state index in [9.17, 15) is 4.79 Å². The van der Waals surface area contributed by atoms with Gasteiger partial charge in [0.25, 0.3) is 5.91 Å². The van der Waals surface area contributed by atoms with Crippen LogP contribution in [0.3, 0.4) is 0 Å². The third-order valence-electron chi connectivity index (χ3n) is 4.46. The van der Waals surface area contributed by atoms with E-state index < -0.39 is 0 Å². The number of benzene rings is 1. The predicted molar refractivity (Wildman–Crippen MR) is 90.7 cm³/mol. The summed E-state index contributed by atoms with van der Waals surface area (Å²) >= 11 is 0. The second kappa shape index (κ2) is 7.42. The van der Waals surface area contributed by atoms with Crippen LogP contribution in [0.25, 0.3) is 5.69 Å². The van der Waals surface area contributed by atoms with E-state index >= 15 is 0 Å². The molecule has 3 rings (SSSR count). The molecule has 0 bridgehead atoms. The average molecular weight is 312 g/mol. The standard InChI is InChI=1S/C18H24N4O/c1-21-12-4-6-15(14-21)9-11-19-18(23)16-7-2-3-8-17(16)22-13-5-10-20-22/h2-3,5,7-8,10,13,15H,4,6,9,11-12,14H2,1H3,(H,19,23). The Hall–Kier alpha value is -2.14. The third kappa shape index (κ3) is 3.99. The van der Waals surface area contributed by atoms with Gasteiger partial charge in [0.2, 0.25) is 0 Å². The summed E-state index contributed by atoms with van der Waals surface area (Å²) in [6.07, 6.45) is 7.14. The number of likely N-dealkylation sites (tertiary alicyclic amines) is 1. The van der Waals surface area contributed by atoms with Gasteiger partial charge in [0.1, 0.15) is 0 Å². The van der Waals surface area contributed by atoms with Gasteiger partial charge in [0, 0.05) is 25.5 Å². The zero-order valence-electron chi connectivity index (χ0n) is 13.6. The van der Waals surface area contributed by atoms with Gasteiger partial charge in [-0.25, -0.2) is 4.68 Å². The fourth-order valence-electron chi connectivity index (χ4n) is 3.27. The minimum Gasteiger partial charge on any atom is -0.352 e. The summed E-state index contributed by atoms with van der Waals surface area (Å²) in [6.45, 7) is 3.06. The first kappa shape index (κ1) is 15.7. The second-order valence-electron chi connectivity index (χ2n) is 6.28. The number of carbonyl (C=O) groups is 1. The van der Waals surface area contributed by atoms with Gasteiger partial charge in [-0.15, -0.1) is 0 Å². The van der Waals surface area contributed by atoms with Gasteiger partial charge in [-0.1, -0.05) is 12.1 Å². The molecule has 5 nitrogen and oxygen atoms in total. The van der Waals surface area contributed by atoms with Crippen molar-refractivity contribution >= 4 is 5.91 Å². The maximum atomic E-state index is 12.5. The Morgan fingerprint density at radius 3 is 3.00 bits per heavy atom. The lowest BCUT2D eigenvalue weighted by Crippen LogP contribution is -2.34. The smallest absolute Gasteiger partial charge is 0.253 e. The molecule has 2 aromatic rings. The molecule has 1 amide bonds. The minimum atomic E-state index is -0.0275. The highest BCUT2D eigenvalue weighted by molar-refractivity contribution is 5.97. The summed E-state index contributed by atoms with van der Waals surface area (Å²) in [5.74, 6) is 0.663. The lowest BCUT2D eigenvalue weighted by atomic mass is 9.95. The Balaban J connectivity index is 1.59. The Morgan fingerprint density at radius 2 is 2.22 bits per heavy atom. The largest absolute Gasteiger partial charge is 0.352 e. The molecule has 0 saturated carbocycles. The van der Waals surface area contributed by atoms with E-state index in [1.807, 2.05) is 36.5 Å². The van der Waals surface area contributed by atoms with Crippen LogP contribution in [0.2, 0.25) is 0 Å². The van der Waals surface area contributed by atoms with E-state index in [2.05, 4.69) is 22.4 Å². The molecule has 1 aromatic heterocycles. The number of aromatic nitrogens is 2. The highest BCUT2D eigenvalue weighted by atomic mass is 16.1. The third-order valence-corrected chi connectivity index (χ3v) is 4.46. The van der Waals surface area contributed by atoms with E-state index in [1.165, 1.54) is 19.4 Å². The van der Waals surface area contributed by atoms with Crippen molar-refractivity contribution in [2.24, 2.45) is 5.92 Å². The van der Waals surface area contributed by atoms with Gasteiger partial charge in [-0.05, 0) is 57.0 Å². The van der Waals surface area contributed by atoms with Crippen molar-refractivity contribution < 1.29 is 4.79 Å². The zero-order valence-corrected chi connectivity index (χ0v) is 13.6. The number of carbonyl (C=O) groups excluding carboxylic acids is 1. The zero-order chi connectivity index (χ0) is 16.1. The first-order chi connectivity index (χ1) is 11.2. The molecule has 1 saturated heterocycles. The van der Waals surface area contributed by atoms with Gasteiger partial charge in [-0.3, -0.25) is 4.79 Å². The number of hydrogen-bond acceptors (Lipinski definition) is 3. The van der Waals surface area contributed by atoms with Crippen molar-refractivity contribution in [3.8, 4) is 5.69 Å². The predicted octanol–water partition coefficient (Wildman–Crippen LogP) is 2.33. The molecule has 1 unspecified atom stereocenters. The number of rotatable bonds is 5. The van der Waals surface area contributed by atoms with Crippen LogP contribution in [-0.2, 0) is 0 Å². The van der Waals surface area contributed by atoms with Gasteiger partial charge in [0.05, 0.1) is 11.3 Å². The van der Waals surface area contributed by atoms with Crippen molar-refractivity contribution in [2.45, 2.75) is 19.3 Å². The van der Waals surface area contributed by atoms with E-state index in [4.69, 9.17) is 0 Å². The first-order valence-electron chi connectivity index (χ1n) is 8.30. The number of nitrogens with zero attached hydrogens (tertiary/aromatic N) is 3. The summed E-state index contributed by atoms with van der Waals surface area (Å²) in [7, 11) is 2.17. The molecule has 0 aliphatic carbocycles. The molecule has 1 aliphatic rings. The molecule has 1 N–H and O–H groups in total. The quantitative estimate of drug-likeness (QED) is 0.922.